The monoisotopic (exact) mass is 338 g/mol. The molecule has 2 aromatic carbocycles. The first-order valence-electron chi connectivity index (χ1n) is 8.01. The molecular weight excluding hydrogens is 319 g/mol. The Balaban J connectivity index is 1.78. The quantitative estimate of drug-likeness (QED) is 0.675. The largest absolute Gasteiger partial charge is 0.494 e. The number of hydrogen-bond donors (Lipinski definition) is 2. The Hall–Kier alpha value is -3.15. The van der Waals surface area contributed by atoms with Gasteiger partial charge in [-0.05, 0) is 50.2 Å². The highest BCUT2D eigenvalue weighted by Gasteiger charge is 2.06. The van der Waals surface area contributed by atoms with Gasteiger partial charge in [-0.25, -0.2) is 9.37 Å². The molecule has 3 aromatic rings. The van der Waals surface area contributed by atoms with Crippen LogP contribution in [0.1, 0.15) is 12.6 Å². The average molecular weight is 338 g/mol. The lowest BCUT2D eigenvalue weighted by Gasteiger charge is -2.11. The van der Waals surface area contributed by atoms with Crippen LogP contribution in [0.25, 0.3) is 0 Å². The first kappa shape index (κ1) is 16.7. The third kappa shape index (κ3) is 4.44. The van der Waals surface area contributed by atoms with Gasteiger partial charge in [0.15, 0.2) is 0 Å². The van der Waals surface area contributed by atoms with Gasteiger partial charge >= 0.3 is 0 Å². The van der Waals surface area contributed by atoms with E-state index in [1.54, 1.807) is 24.3 Å². The smallest absolute Gasteiger partial charge is 0.229 e. The lowest BCUT2D eigenvalue weighted by atomic mass is 10.3. The number of ether oxygens (including phenoxy) is 1. The maximum atomic E-state index is 13.8. The molecule has 0 aliphatic heterocycles. The first-order valence-corrected chi connectivity index (χ1v) is 8.01. The van der Waals surface area contributed by atoms with E-state index >= 15 is 0 Å². The van der Waals surface area contributed by atoms with Crippen molar-refractivity contribution in [3.63, 3.8) is 0 Å². The third-order valence-corrected chi connectivity index (χ3v) is 3.41. The molecule has 0 radical (unpaired) electrons. The van der Waals surface area contributed by atoms with Crippen molar-refractivity contribution in [1.29, 1.82) is 0 Å². The molecule has 0 saturated carbocycles. The Morgan fingerprint density at radius 3 is 2.48 bits per heavy atom. The SMILES string of the molecule is CCOc1ccc(Nc2nc(C)cc(Nc3ccccc3F)n2)cc1. The van der Waals surface area contributed by atoms with E-state index in [1.807, 2.05) is 38.1 Å². The summed E-state index contributed by atoms with van der Waals surface area (Å²) in [4.78, 5) is 8.76. The van der Waals surface area contributed by atoms with Crippen LogP contribution in [0.2, 0.25) is 0 Å². The molecule has 0 bridgehead atoms. The minimum Gasteiger partial charge on any atom is -0.494 e. The molecule has 0 fully saturated rings. The normalized spacial score (nSPS) is 10.4. The molecular formula is C19H19FN4O. The molecule has 0 spiro atoms. The minimum atomic E-state index is -0.334. The van der Waals surface area contributed by atoms with Gasteiger partial charge in [-0.2, -0.15) is 4.98 Å². The summed E-state index contributed by atoms with van der Waals surface area (Å²) in [6.45, 7) is 4.42. The number of halogens is 1. The van der Waals surface area contributed by atoms with Crippen LogP contribution in [0.15, 0.2) is 54.6 Å². The fourth-order valence-electron chi connectivity index (χ4n) is 2.32. The Morgan fingerprint density at radius 1 is 1.00 bits per heavy atom. The topological polar surface area (TPSA) is 59.1 Å². The van der Waals surface area contributed by atoms with E-state index in [-0.39, 0.29) is 5.82 Å². The lowest BCUT2D eigenvalue weighted by Crippen LogP contribution is -2.03. The van der Waals surface area contributed by atoms with Gasteiger partial charge in [0.2, 0.25) is 5.95 Å². The highest BCUT2D eigenvalue weighted by atomic mass is 19.1. The van der Waals surface area contributed by atoms with Gasteiger partial charge in [0, 0.05) is 17.4 Å². The van der Waals surface area contributed by atoms with Crippen molar-refractivity contribution in [2.75, 3.05) is 17.2 Å². The average Bonchev–Trinajstić information content (AvgIpc) is 2.58. The van der Waals surface area contributed by atoms with Gasteiger partial charge in [0.05, 0.1) is 12.3 Å². The molecule has 0 aliphatic rings. The van der Waals surface area contributed by atoms with E-state index in [4.69, 9.17) is 4.74 Å². The third-order valence-electron chi connectivity index (χ3n) is 3.41. The summed E-state index contributed by atoms with van der Waals surface area (Å²) in [7, 11) is 0. The van der Waals surface area contributed by atoms with Crippen LogP contribution in [-0.2, 0) is 0 Å². The summed E-state index contributed by atoms with van der Waals surface area (Å²) in [5.41, 5.74) is 1.97. The first-order chi connectivity index (χ1) is 12.1. The molecule has 2 N–H and O–H groups in total. The Labute approximate surface area is 145 Å². The van der Waals surface area contributed by atoms with Crippen molar-refractivity contribution < 1.29 is 9.13 Å². The molecule has 0 unspecified atom stereocenters. The summed E-state index contributed by atoms with van der Waals surface area (Å²) in [6.07, 6.45) is 0. The van der Waals surface area contributed by atoms with Crippen molar-refractivity contribution in [2.45, 2.75) is 13.8 Å². The molecule has 1 heterocycles. The fraction of sp³-hybridized carbons (Fsp3) is 0.158. The number of rotatable bonds is 6. The highest BCUT2D eigenvalue weighted by Crippen LogP contribution is 2.22. The second-order valence-electron chi connectivity index (χ2n) is 5.41. The Bertz CT molecular complexity index is 852. The van der Waals surface area contributed by atoms with Gasteiger partial charge in [0.25, 0.3) is 0 Å². The van der Waals surface area contributed by atoms with E-state index < -0.39 is 0 Å². The second-order valence-corrected chi connectivity index (χ2v) is 5.41. The van der Waals surface area contributed by atoms with Gasteiger partial charge in [-0.15, -0.1) is 0 Å². The van der Waals surface area contributed by atoms with Gasteiger partial charge in [0.1, 0.15) is 17.4 Å². The van der Waals surface area contributed by atoms with Gasteiger partial charge < -0.3 is 15.4 Å². The summed E-state index contributed by atoms with van der Waals surface area (Å²) >= 11 is 0. The molecule has 0 saturated heterocycles. The molecule has 128 valence electrons. The lowest BCUT2D eigenvalue weighted by molar-refractivity contribution is 0.340. The van der Waals surface area contributed by atoms with Crippen molar-refractivity contribution >= 4 is 23.1 Å². The van der Waals surface area contributed by atoms with Crippen molar-refractivity contribution in [3.05, 3.63) is 66.1 Å². The zero-order valence-electron chi connectivity index (χ0n) is 14.1. The van der Waals surface area contributed by atoms with Crippen molar-refractivity contribution in [3.8, 4) is 5.75 Å². The van der Waals surface area contributed by atoms with Crippen LogP contribution in [-0.4, -0.2) is 16.6 Å². The maximum absolute atomic E-state index is 13.8. The van der Waals surface area contributed by atoms with Crippen LogP contribution in [0.4, 0.5) is 27.5 Å². The number of nitrogens with zero attached hydrogens (tertiary/aromatic N) is 2. The van der Waals surface area contributed by atoms with Crippen LogP contribution >= 0.6 is 0 Å². The number of aryl methyl sites for hydroxylation is 1. The van der Waals surface area contributed by atoms with E-state index in [9.17, 15) is 4.39 Å². The second kappa shape index (κ2) is 7.61. The zero-order chi connectivity index (χ0) is 17.6. The Morgan fingerprint density at radius 2 is 1.76 bits per heavy atom. The predicted octanol–water partition coefficient (Wildman–Crippen LogP) is 4.81. The molecule has 0 atom stereocenters. The summed E-state index contributed by atoms with van der Waals surface area (Å²) in [5.74, 6) is 1.42. The van der Waals surface area contributed by atoms with Crippen LogP contribution in [0.5, 0.6) is 5.75 Å². The zero-order valence-corrected chi connectivity index (χ0v) is 14.1. The fourth-order valence-corrected chi connectivity index (χ4v) is 2.32. The molecule has 6 heteroatoms. The van der Waals surface area contributed by atoms with E-state index in [2.05, 4.69) is 20.6 Å². The standard InChI is InChI=1S/C19H19FN4O/c1-3-25-15-10-8-14(9-11-15)22-19-21-13(2)12-18(24-19)23-17-7-5-4-6-16(17)20/h4-12H,3H2,1-2H3,(H2,21,22,23,24). The van der Waals surface area contributed by atoms with E-state index in [0.717, 1.165) is 17.1 Å². The number of para-hydroxylation sites is 1. The molecule has 1 aromatic heterocycles. The minimum absolute atomic E-state index is 0.334. The number of hydrogen-bond acceptors (Lipinski definition) is 5. The number of aromatic nitrogens is 2. The summed E-state index contributed by atoms with van der Waals surface area (Å²) in [6, 6.07) is 15.8. The molecule has 25 heavy (non-hydrogen) atoms. The summed E-state index contributed by atoms with van der Waals surface area (Å²) in [5, 5.41) is 6.12. The van der Waals surface area contributed by atoms with Gasteiger partial charge in [-0.1, -0.05) is 12.1 Å². The summed E-state index contributed by atoms with van der Waals surface area (Å²) < 4.78 is 19.2. The number of nitrogens with one attached hydrogen (secondary N) is 2. The van der Waals surface area contributed by atoms with Gasteiger partial charge in [-0.3, -0.25) is 0 Å². The maximum Gasteiger partial charge on any atom is 0.229 e. The predicted molar refractivity (Wildman–Crippen MR) is 97.3 cm³/mol. The molecule has 0 amide bonds. The van der Waals surface area contributed by atoms with E-state index in [0.29, 0.717) is 24.1 Å². The Kier molecular flexibility index (Phi) is 5.09. The number of benzene rings is 2. The van der Waals surface area contributed by atoms with E-state index in [1.165, 1.54) is 6.07 Å². The highest BCUT2D eigenvalue weighted by molar-refractivity contribution is 5.60. The number of anilines is 4. The van der Waals surface area contributed by atoms with Crippen LogP contribution in [0, 0.1) is 12.7 Å². The molecule has 3 rings (SSSR count). The van der Waals surface area contributed by atoms with Crippen LogP contribution in [0.3, 0.4) is 0 Å². The van der Waals surface area contributed by atoms with Crippen LogP contribution < -0.4 is 15.4 Å². The van der Waals surface area contributed by atoms with Crippen molar-refractivity contribution in [1.82, 2.24) is 9.97 Å². The molecule has 5 nitrogen and oxygen atoms in total. The molecule has 0 aliphatic carbocycles. The van der Waals surface area contributed by atoms with Crippen molar-refractivity contribution in [2.24, 2.45) is 0 Å².